The van der Waals surface area contributed by atoms with Gasteiger partial charge in [-0.25, -0.2) is 4.39 Å². The van der Waals surface area contributed by atoms with Gasteiger partial charge in [0.05, 0.1) is 6.54 Å². The molecule has 1 fully saturated rings. The third-order valence-electron chi connectivity index (χ3n) is 4.91. The minimum Gasteiger partial charge on any atom is -0.355 e. The molecule has 0 bridgehead atoms. The number of rotatable bonds is 6. The lowest BCUT2D eigenvalue weighted by molar-refractivity contribution is -0.117. The van der Waals surface area contributed by atoms with Gasteiger partial charge >= 0.3 is 0 Å². The first kappa shape index (κ1) is 21.2. The van der Waals surface area contributed by atoms with Gasteiger partial charge in [-0.15, -0.1) is 0 Å². The van der Waals surface area contributed by atoms with Gasteiger partial charge in [-0.2, -0.15) is 0 Å². The molecule has 3 rings (SSSR count). The monoisotopic (exact) mass is 418 g/mol. The highest BCUT2D eigenvalue weighted by molar-refractivity contribution is 6.31. The fraction of sp³-hybridized carbons (Fsp3) is 0.333. The third kappa shape index (κ3) is 5.76. The van der Waals surface area contributed by atoms with E-state index < -0.39 is 0 Å². The SMILES string of the molecule is CNC(=O)c1cccc(NC(=O)CN2CCN(Cc3c(F)cccc3Cl)CC2)c1. The Kier molecular flexibility index (Phi) is 7.19. The van der Waals surface area contributed by atoms with Crippen molar-refractivity contribution in [2.24, 2.45) is 0 Å². The molecule has 2 aromatic rings. The second kappa shape index (κ2) is 9.82. The van der Waals surface area contributed by atoms with Crippen molar-refractivity contribution in [3.63, 3.8) is 0 Å². The highest BCUT2D eigenvalue weighted by Gasteiger charge is 2.21. The van der Waals surface area contributed by atoms with Gasteiger partial charge in [-0.1, -0.05) is 23.7 Å². The zero-order chi connectivity index (χ0) is 20.8. The minimum absolute atomic E-state index is 0.135. The molecule has 2 N–H and O–H groups in total. The average molecular weight is 419 g/mol. The fourth-order valence-corrected chi connectivity index (χ4v) is 3.52. The molecule has 0 atom stereocenters. The van der Waals surface area contributed by atoms with E-state index in [1.807, 2.05) is 0 Å². The number of hydrogen-bond donors (Lipinski definition) is 2. The van der Waals surface area contributed by atoms with Crippen LogP contribution in [0, 0.1) is 5.82 Å². The predicted molar refractivity (Wildman–Crippen MR) is 112 cm³/mol. The number of piperazine rings is 1. The lowest BCUT2D eigenvalue weighted by Gasteiger charge is -2.34. The number of carbonyl (C=O) groups is 2. The van der Waals surface area contributed by atoms with Gasteiger partial charge in [0.2, 0.25) is 5.91 Å². The van der Waals surface area contributed by atoms with Crippen molar-refractivity contribution in [3.05, 3.63) is 64.4 Å². The Morgan fingerprint density at radius 1 is 1.07 bits per heavy atom. The summed E-state index contributed by atoms with van der Waals surface area (Å²) in [7, 11) is 1.56. The maximum atomic E-state index is 14.0. The lowest BCUT2D eigenvalue weighted by Crippen LogP contribution is -2.48. The van der Waals surface area contributed by atoms with Gasteiger partial charge in [-0.3, -0.25) is 19.4 Å². The average Bonchev–Trinajstić information content (AvgIpc) is 2.71. The van der Waals surface area contributed by atoms with Gasteiger partial charge in [0.1, 0.15) is 5.82 Å². The summed E-state index contributed by atoms with van der Waals surface area (Å²) in [6.07, 6.45) is 0. The Morgan fingerprint density at radius 2 is 1.76 bits per heavy atom. The number of nitrogens with zero attached hydrogens (tertiary/aromatic N) is 2. The quantitative estimate of drug-likeness (QED) is 0.756. The van der Waals surface area contributed by atoms with Gasteiger partial charge in [0.15, 0.2) is 0 Å². The van der Waals surface area contributed by atoms with Gasteiger partial charge < -0.3 is 10.6 Å². The van der Waals surface area contributed by atoms with E-state index in [-0.39, 0.29) is 24.2 Å². The molecule has 6 nitrogen and oxygen atoms in total. The highest BCUT2D eigenvalue weighted by atomic mass is 35.5. The molecule has 2 aromatic carbocycles. The number of carbonyl (C=O) groups excluding carboxylic acids is 2. The Bertz CT molecular complexity index is 864. The number of benzene rings is 2. The Hall–Kier alpha value is -2.48. The van der Waals surface area contributed by atoms with Crippen molar-refractivity contribution in [3.8, 4) is 0 Å². The van der Waals surface area contributed by atoms with Crippen LogP contribution in [-0.4, -0.2) is 61.4 Å². The van der Waals surface area contributed by atoms with Crippen LogP contribution in [0.2, 0.25) is 5.02 Å². The summed E-state index contributed by atoms with van der Waals surface area (Å²) in [5.74, 6) is -0.630. The van der Waals surface area contributed by atoms with Crippen molar-refractivity contribution in [2.45, 2.75) is 6.54 Å². The van der Waals surface area contributed by atoms with E-state index in [9.17, 15) is 14.0 Å². The summed E-state index contributed by atoms with van der Waals surface area (Å²) in [6, 6.07) is 11.5. The molecule has 1 heterocycles. The normalized spacial score (nSPS) is 15.1. The number of amides is 2. The van der Waals surface area contributed by atoms with E-state index in [0.29, 0.717) is 41.5 Å². The van der Waals surface area contributed by atoms with E-state index in [2.05, 4.69) is 20.4 Å². The van der Waals surface area contributed by atoms with E-state index in [0.717, 1.165) is 13.1 Å². The standard InChI is InChI=1S/C21H24ClFN4O2/c1-24-21(29)15-4-2-5-16(12-15)25-20(28)14-27-10-8-26(9-11-27)13-17-18(22)6-3-7-19(17)23/h2-7,12H,8-11,13-14H2,1H3,(H,24,29)(H,25,28). The first-order valence-electron chi connectivity index (χ1n) is 9.46. The molecule has 29 heavy (non-hydrogen) atoms. The molecule has 1 aliphatic heterocycles. The maximum absolute atomic E-state index is 14.0. The minimum atomic E-state index is -0.293. The molecule has 0 aromatic heterocycles. The van der Waals surface area contributed by atoms with Crippen LogP contribution in [0.3, 0.4) is 0 Å². The maximum Gasteiger partial charge on any atom is 0.251 e. The molecule has 0 unspecified atom stereocenters. The summed E-state index contributed by atoms with van der Waals surface area (Å²) in [5.41, 5.74) is 1.59. The molecule has 1 saturated heterocycles. The van der Waals surface area contributed by atoms with Crippen LogP contribution in [0.4, 0.5) is 10.1 Å². The van der Waals surface area contributed by atoms with Crippen molar-refractivity contribution in [2.75, 3.05) is 45.1 Å². The van der Waals surface area contributed by atoms with E-state index in [1.165, 1.54) is 6.07 Å². The lowest BCUT2D eigenvalue weighted by atomic mass is 10.1. The molecule has 8 heteroatoms. The van der Waals surface area contributed by atoms with Crippen molar-refractivity contribution in [1.29, 1.82) is 0 Å². The second-order valence-electron chi connectivity index (χ2n) is 6.96. The van der Waals surface area contributed by atoms with Gasteiger partial charge in [0.25, 0.3) is 5.91 Å². The molecule has 154 valence electrons. The summed E-state index contributed by atoms with van der Waals surface area (Å²) in [6.45, 7) is 3.58. The third-order valence-corrected chi connectivity index (χ3v) is 5.27. The highest BCUT2D eigenvalue weighted by Crippen LogP contribution is 2.21. The number of halogens is 2. The molecule has 2 amide bonds. The number of hydrogen-bond acceptors (Lipinski definition) is 4. The number of anilines is 1. The van der Waals surface area contributed by atoms with Crippen LogP contribution in [0.5, 0.6) is 0 Å². The molecule has 0 radical (unpaired) electrons. The van der Waals surface area contributed by atoms with Crippen LogP contribution in [0.1, 0.15) is 15.9 Å². The van der Waals surface area contributed by atoms with Gasteiger partial charge in [-0.05, 0) is 30.3 Å². The van der Waals surface area contributed by atoms with Crippen molar-refractivity contribution in [1.82, 2.24) is 15.1 Å². The summed E-state index contributed by atoms with van der Waals surface area (Å²) in [5, 5.41) is 5.83. The topological polar surface area (TPSA) is 64.7 Å². The van der Waals surface area contributed by atoms with Crippen LogP contribution >= 0.6 is 11.6 Å². The molecular weight excluding hydrogens is 395 g/mol. The Balaban J connectivity index is 1.48. The van der Waals surface area contributed by atoms with Crippen LogP contribution in [-0.2, 0) is 11.3 Å². The Morgan fingerprint density at radius 3 is 2.45 bits per heavy atom. The summed E-state index contributed by atoms with van der Waals surface area (Å²) < 4.78 is 14.0. The van der Waals surface area contributed by atoms with Crippen LogP contribution in [0.15, 0.2) is 42.5 Å². The first-order chi connectivity index (χ1) is 14.0. The molecule has 0 saturated carbocycles. The molecule has 1 aliphatic rings. The zero-order valence-electron chi connectivity index (χ0n) is 16.3. The van der Waals surface area contributed by atoms with Gasteiger partial charge in [0, 0.05) is 61.6 Å². The number of nitrogens with one attached hydrogen (secondary N) is 2. The molecule has 0 aliphatic carbocycles. The molecular formula is C21H24ClFN4O2. The zero-order valence-corrected chi connectivity index (χ0v) is 17.0. The molecule has 0 spiro atoms. The predicted octanol–water partition coefficient (Wildman–Crippen LogP) is 2.60. The van der Waals surface area contributed by atoms with E-state index >= 15 is 0 Å². The van der Waals surface area contributed by atoms with Crippen molar-refractivity contribution >= 4 is 29.1 Å². The van der Waals surface area contributed by atoms with E-state index in [4.69, 9.17) is 11.6 Å². The summed E-state index contributed by atoms with van der Waals surface area (Å²) >= 11 is 6.11. The second-order valence-corrected chi connectivity index (χ2v) is 7.37. The fourth-order valence-electron chi connectivity index (χ4n) is 3.30. The summed E-state index contributed by atoms with van der Waals surface area (Å²) in [4.78, 5) is 28.2. The van der Waals surface area contributed by atoms with Crippen LogP contribution in [0.25, 0.3) is 0 Å². The van der Waals surface area contributed by atoms with Crippen molar-refractivity contribution < 1.29 is 14.0 Å². The van der Waals surface area contributed by atoms with E-state index in [1.54, 1.807) is 43.4 Å². The first-order valence-corrected chi connectivity index (χ1v) is 9.83. The smallest absolute Gasteiger partial charge is 0.251 e. The largest absolute Gasteiger partial charge is 0.355 e. The van der Waals surface area contributed by atoms with Crippen LogP contribution < -0.4 is 10.6 Å². The Labute approximate surface area is 174 Å².